The van der Waals surface area contributed by atoms with Crippen LogP contribution in [0.5, 0.6) is 0 Å². The van der Waals surface area contributed by atoms with Crippen molar-refractivity contribution in [1.29, 1.82) is 0 Å². The van der Waals surface area contributed by atoms with Gasteiger partial charge < -0.3 is 4.42 Å². The lowest BCUT2D eigenvalue weighted by Crippen LogP contribution is -2.33. The van der Waals surface area contributed by atoms with E-state index in [1.165, 1.54) is 0 Å². The average Bonchev–Trinajstić information content (AvgIpc) is 2.65. The van der Waals surface area contributed by atoms with Gasteiger partial charge in [-0.05, 0) is 24.6 Å². The molecule has 1 atom stereocenters. The molecule has 0 aliphatic rings. The van der Waals surface area contributed by atoms with Gasteiger partial charge in [0.2, 0.25) is 5.91 Å². The lowest BCUT2D eigenvalue weighted by Gasteiger charge is -2.09. The van der Waals surface area contributed by atoms with Gasteiger partial charge in [-0.2, -0.15) is 0 Å². The molecule has 1 amide bonds. The Morgan fingerprint density at radius 3 is 3.00 bits per heavy atom. The Morgan fingerprint density at radius 1 is 1.56 bits per heavy atom. The number of carbonyl (C=O) groups is 1. The number of hydrogen-bond acceptors (Lipinski definition) is 4. The number of aryl methyl sites for hydroxylation is 1. The predicted molar refractivity (Wildman–Crippen MR) is 59.5 cm³/mol. The van der Waals surface area contributed by atoms with Gasteiger partial charge in [0, 0.05) is 6.92 Å². The number of hydrazine groups is 1. The highest BCUT2D eigenvalue weighted by Gasteiger charge is 2.15. The molecule has 0 aliphatic carbocycles. The summed E-state index contributed by atoms with van der Waals surface area (Å²) in [4.78, 5) is 15.6. The predicted octanol–water partition coefficient (Wildman–Crippen LogP) is 1.23. The quantitative estimate of drug-likeness (QED) is 0.452. The van der Waals surface area contributed by atoms with E-state index in [0.717, 1.165) is 16.7 Å². The van der Waals surface area contributed by atoms with Gasteiger partial charge in [0.05, 0.1) is 5.92 Å². The standard InChI is InChI=1S/C11H13N3O2/c1-6(11(15)14-12)8-3-4-10-9(5-8)13-7(2)16-10/h3-6H,12H2,1-2H3,(H,14,15). The van der Waals surface area contributed by atoms with Crippen molar-refractivity contribution in [3.8, 4) is 0 Å². The summed E-state index contributed by atoms with van der Waals surface area (Å²) >= 11 is 0. The smallest absolute Gasteiger partial charge is 0.241 e. The minimum atomic E-state index is -0.300. The van der Waals surface area contributed by atoms with Crippen molar-refractivity contribution < 1.29 is 9.21 Å². The fourth-order valence-electron chi connectivity index (χ4n) is 1.61. The van der Waals surface area contributed by atoms with E-state index in [1.54, 1.807) is 13.8 Å². The molecule has 16 heavy (non-hydrogen) atoms. The highest BCUT2D eigenvalue weighted by Crippen LogP contribution is 2.22. The van der Waals surface area contributed by atoms with Gasteiger partial charge in [0.25, 0.3) is 0 Å². The third kappa shape index (κ3) is 1.77. The Labute approximate surface area is 92.6 Å². The van der Waals surface area contributed by atoms with Crippen LogP contribution in [0.1, 0.15) is 24.3 Å². The van der Waals surface area contributed by atoms with Crippen LogP contribution < -0.4 is 11.3 Å². The third-order valence-electron chi connectivity index (χ3n) is 2.55. The van der Waals surface area contributed by atoms with Crippen molar-refractivity contribution in [2.75, 3.05) is 0 Å². The maximum atomic E-state index is 11.4. The summed E-state index contributed by atoms with van der Waals surface area (Å²) in [6, 6.07) is 5.49. The Balaban J connectivity index is 2.42. The van der Waals surface area contributed by atoms with E-state index >= 15 is 0 Å². The van der Waals surface area contributed by atoms with E-state index in [2.05, 4.69) is 10.4 Å². The van der Waals surface area contributed by atoms with E-state index < -0.39 is 0 Å². The van der Waals surface area contributed by atoms with E-state index in [9.17, 15) is 4.79 Å². The molecule has 5 heteroatoms. The van der Waals surface area contributed by atoms with Gasteiger partial charge in [-0.3, -0.25) is 10.2 Å². The van der Waals surface area contributed by atoms with E-state index in [4.69, 9.17) is 10.3 Å². The van der Waals surface area contributed by atoms with Crippen molar-refractivity contribution in [1.82, 2.24) is 10.4 Å². The minimum absolute atomic E-state index is 0.223. The highest BCUT2D eigenvalue weighted by molar-refractivity contribution is 5.84. The molecule has 5 nitrogen and oxygen atoms in total. The van der Waals surface area contributed by atoms with Crippen LogP contribution in [-0.4, -0.2) is 10.9 Å². The Morgan fingerprint density at radius 2 is 2.31 bits per heavy atom. The summed E-state index contributed by atoms with van der Waals surface area (Å²) in [5.74, 6) is 5.19. The number of oxazole rings is 1. The topological polar surface area (TPSA) is 81.2 Å². The molecular formula is C11H13N3O2. The van der Waals surface area contributed by atoms with Gasteiger partial charge in [-0.25, -0.2) is 10.8 Å². The third-order valence-corrected chi connectivity index (χ3v) is 2.55. The molecule has 0 saturated carbocycles. The molecule has 3 N–H and O–H groups in total. The fraction of sp³-hybridized carbons (Fsp3) is 0.273. The first-order chi connectivity index (χ1) is 7.61. The number of benzene rings is 1. The number of nitrogens with zero attached hydrogens (tertiary/aromatic N) is 1. The number of nitrogens with two attached hydrogens (primary N) is 1. The van der Waals surface area contributed by atoms with Gasteiger partial charge in [0.15, 0.2) is 11.5 Å². The van der Waals surface area contributed by atoms with E-state index in [-0.39, 0.29) is 11.8 Å². The van der Waals surface area contributed by atoms with Crippen LogP contribution in [0, 0.1) is 6.92 Å². The number of aromatic nitrogens is 1. The van der Waals surface area contributed by atoms with Gasteiger partial charge in [-0.1, -0.05) is 6.07 Å². The second kappa shape index (κ2) is 3.94. The first-order valence-electron chi connectivity index (χ1n) is 4.99. The van der Waals surface area contributed by atoms with Crippen molar-refractivity contribution in [3.63, 3.8) is 0 Å². The van der Waals surface area contributed by atoms with Gasteiger partial charge in [-0.15, -0.1) is 0 Å². The van der Waals surface area contributed by atoms with Gasteiger partial charge >= 0.3 is 0 Å². The normalized spacial score (nSPS) is 12.7. The fourth-order valence-corrected chi connectivity index (χ4v) is 1.61. The molecule has 0 fully saturated rings. The zero-order valence-electron chi connectivity index (χ0n) is 9.15. The van der Waals surface area contributed by atoms with Crippen molar-refractivity contribution in [2.24, 2.45) is 5.84 Å². The molecule has 2 aromatic rings. The summed E-state index contributed by atoms with van der Waals surface area (Å²) in [6.07, 6.45) is 0. The molecule has 0 aliphatic heterocycles. The summed E-state index contributed by atoms with van der Waals surface area (Å²) in [6.45, 7) is 3.58. The molecule has 1 unspecified atom stereocenters. The van der Waals surface area contributed by atoms with Crippen LogP contribution in [0.4, 0.5) is 0 Å². The summed E-state index contributed by atoms with van der Waals surface area (Å²) in [5.41, 5.74) is 4.48. The second-order valence-electron chi connectivity index (χ2n) is 3.69. The molecule has 1 aromatic heterocycles. The SMILES string of the molecule is Cc1nc2cc(C(C)C(=O)NN)ccc2o1. The highest BCUT2D eigenvalue weighted by atomic mass is 16.3. The van der Waals surface area contributed by atoms with E-state index in [0.29, 0.717) is 5.89 Å². The molecule has 0 bridgehead atoms. The second-order valence-corrected chi connectivity index (χ2v) is 3.69. The summed E-state index contributed by atoms with van der Waals surface area (Å²) < 4.78 is 5.35. The number of amides is 1. The molecule has 84 valence electrons. The van der Waals surface area contributed by atoms with Crippen LogP contribution in [0.25, 0.3) is 11.1 Å². The Hall–Kier alpha value is -1.88. The van der Waals surface area contributed by atoms with Crippen molar-refractivity contribution >= 4 is 17.0 Å². The van der Waals surface area contributed by atoms with Crippen molar-refractivity contribution in [3.05, 3.63) is 29.7 Å². The Bertz CT molecular complexity index is 533. The lowest BCUT2D eigenvalue weighted by atomic mass is 10.0. The largest absolute Gasteiger partial charge is 0.441 e. The molecule has 2 rings (SSSR count). The molecule has 0 radical (unpaired) electrons. The molecule has 1 heterocycles. The molecule has 0 saturated heterocycles. The summed E-state index contributed by atoms with van der Waals surface area (Å²) in [7, 11) is 0. The van der Waals surface area contributed by atoms with E-state index in [1.807, 2.05) is 18.2 Å². The number of carbonyl (C=O) groups excluding carboxylic acids is 1. The van der Waals surface area contributed by atoms with Crippen LogP contribution in [0.3, 0.4) is 0 Å². The lowest BCUT2D eigenvalue weighted by molar-refractivity contribution is -0.122. The maximum absolute atomic E-state index is 11.4. The zero-order valence-corrected chi connectivity index (χ0v) is 9.15. The van der Waals surface area contributed by atoms with Crippen molar-refractivity contribution in [2.45, 2.75) is 19.8 Å². The number of fused-ring (bicyclic) bond motifs is 1. The zero-order chi connectivity index (χ0) is 11.7. The first kappa shape index (κ1) is 10.6. The first-order valence-corrected chi connectivity index (χ1v) is 4.99. The Kier molecular flexibility index (Phi) is 2.62. The maximum Gasteiger partial charge on any atom is 0.241 e. The molecule has 0 spiro atoms. The number of nitrogens with one attached hydrogen (secondary N) is 1. The molecule has 1 aromatic carbocycles. The number of rotatable bonds is 2. The van der Waals surface area contributed by atoms with Gasteiger partial charge in [0.1, 0.15) is 5.52 Å². The number of hydrogen-bond donors (Lipinski definition) is 2. The minimum Gasteiger partial charge on any atom is -0.441 e. The van der Waals surface area contributed by atoms with Crippen LogP contribution in [0.15, 0.2) is 22.6 Å². The summed E-state index contributed by atoms with van der Waals surface area (Å²) in [5, 5.41) is 0. The average molecular weight is 219 g/mol. The monoisotopic (exact) mass is 219 g/mol. The van der Waals surface area contributed by atoms with Crippen LogP contribution in [-0.2, 0) is 4.79 Å². The molecular weight excluding hydrogens is 206 g/mol. The van der Waals surface area contributed by atoms with Crippen LogP contribution >= 0.6 is 0 Å². The van der Waals surface area contributed by atoms with Crippen LogP contribution in [0.2, 0.25) is 0 Å².